The molecule has 0 amide bonds. The largest absolute Gasteiger partial charge is 0.317 e. The van der Waals surface area contributed by atoms with Gasteiger partial charge in [-0.2, -0.15) is 5.26 Å². The Morgan fingerprint density at radius 3 is 2.94 bits per heavy atom. The second-order valence-electron chi connectivity index (χ2n) is 4.18. The van der Waals surface area contributed by atoms with Crippen LogP contribution in [0.1, 0.15) is 18.4 Å². The van der Waals surface area contributed by atoms with E-state index in [1.807, 2.05) is 6.07 Å². The fourth-order valence-electron chi connectivity index (χ4n) is 2.11. The highest BCUT2D eigenvalue weighted by atomic mass is 16.1. The lowest BCUT2D eigenvalue weighted by Crippen LogP contribution is -2.32. The van der Waals surface area contributed by atoms with Gasteiger partial charge in [0, 0.05) is 12.7 Å². The molecule has 0 atom stereocenters. The van der Waals surface area contributed by atoms with Crippen molar-refractivity contribution in [1.29, 1.82) is 5.26 Å². The molecule has 0 aliphatic carbocycles. The zero-order valence-electron chi connectivity index (χ0n) is 9.15. The maximum Gasteiger partial charge on any atom is 0.268 e. The first-order valence-electron chi connectivity index (χ1n) is 5.61. The highest BCUT2D eigenvalue weighted by Crippen LogP contribution is 2.13. The molecule has 0 radical (unpaired) electrons. The van der Waals surface area contributed by atoms with Crippen molar-refractivity contribution in [3.63, 3.8) is 0 Å². The van der Waals surface area contributed by atoms with E-state index >= 15 is 0 Å². The molecule has 1 aromatic rings. The summed E-state index contributed by atoms with van der Waals surface area (Å²) in [6.45, 7) is 2.78. The van der Waals surface area contributed by atoms with Gasteiger partial charge in [0.15, 0.2) is 0 Å². The van der Waals surface area contributed by atoms with E-state index in [2.05, 4.69) is 5.32 Å². The first-order chi connectivity index (χ1) is 7.81. The first-order valence-corrected chi connectivity index (χ1v) is 5.61. The van der Waals surface area contributed by atoms with Crippen LogP contribution in [0.25, 0.3) is 0 Å². The average molecular weight is 217 g/mol. The Hall–Kier alpha value is -1.60. The van der Waals surface area contributed by atoms with E-state index in [0.29, 0.717) is 5.92 Å². The van der Waals surface area contributed by atoms with Crippen LogP contribution in [-0.2, 0) is 6.54 Å². The van der Waals surface area contributed by atoms with Crippen LogP contribution < -0.4 is 10.9 Å². The normalized spacial score (nSPS) is 16.9. The Labute approximate surface area is 94.5 Å². The molecule has 16 heavy (non-hydrogen) atoms. The van der Waals surface area contributed by atoms with Gasteiger partial charge in [-0.3, -0.25) is 4.79 Å². The Morgan fingerprint density at radius 2 is 2.25 bits per heavy atom. The molecule has 1 aliphatic heterocycles. The summed E-state index contributed by atoms with van der Waals surface area (Å²) in [4.78, 5) is 11.8. The minimum Gasteiger partial charge on any atom is -0.317 e. The summed E-state index contributed by atoms with van der Waals surface area (Å²) in [5.74, 6) is 0.549. The van der Waals surface area contributed by atoms with Crippen molar-refractivity contribution in [3.8, 4) is 6.07 Å². The highest BCUT2D eigenvalue weighted by Gasteiger charge is 2.14. The van der Waals surface area contributed by atoms with Crippen LogP contribution in [-0.4, -0.2) is 17.7 Å². The van der Waals surface area contributed by atoms with Crippen LogP contribution in [0, 0.1) is 17.2 Å². The number of pyridine rings is 1. The van der Waals surface area contributed by atoms with Crippen LogP contribution in [0.15, 0.2) is 23.1 Å². The third-order valence-electron chi connectivity index (χ3n) is 3.05. The molecule has 4 heteroatoms. The molecule has 0 aromatic carbocycles. The number of nitrogens with one attached hydrogen (secondary N) is 1. The molecule has 1 saturated heterocycles. The number of hydrogen-bond acceptors (Lipinski definition) is 3. The van der Waals surface area contributed by atoms with E-state index < -0.39 is 0 Å². The van der Waals surface area contributed by atoms with Crippen LogP contribution in [0.2, 0.25) is 0 Å². The predicted octanol–water partition coefficient (Wildman–Crippen LogP) is 0.720. The lowest BCUT2D eigenvalue weighted by molar-refractivity contribution is 0.329. The van der Waals surface area contributed by atoms with Crippen molar-refractivity contribution in [1.82, 2.24) is 9.88 Å². The molecule has 1 aromatic heterocycles. The Kier molecular flexibility index (Phi) is 3.37. The zero-order valence-corrected chi connectivity index (χ0v) is 9.15. The molecule has 2 heterocycles. The van der Waals surface area contributed by atoms with Crippen LogP contribution in [0.3, 0.4) is 0 Å². The SMILES string of the molecule is N#Cc1cccn(CC2CCNCC2)c1=O. The number of nitriles is 1. The Morgan fingerprint density at radius 1 is 1.50 bits per heavy atom. The minimum absolute atomic E-state index is 0.163. The molecule has 0 spiro atoms. The quantitative estimate of drug-likeness (QED) is 0.794. The Balaban J connectivity index is 2.15. The van der Waals surface area contributed by atoms with Gasteiger partial charge in [0.2, 0.25) is 0 Å². The lowest BCUT2D eigenvalue weighted by Gasteiger charge is -2.23. The molecule has 0 unspecified atom stereocenters. The van der Waals surface area contributed by atoms with E-state index in [1.54, 1.807) is 22.9 Å². The number of rotatable bonds is 2. The fourth-order valence-corrected chi connectivity index (χ4v) is 2.11. The van der Waals surface area contributed by atoms with Crippen LogP contribution in [0.4, 0.5) is 0 Å². The van der Waals surface area contributed by atoms with E-state index in [0.717, 1.165) is 32.5 Å². The number of nitrogens with zero attached hydrogens (tertiary/aromatic N) is 2. The number of aromatic nitrogens is 1. The molecule has 0 saturated carbocycles. The monoisotopic (exact) mass is 217 g/mol. The van der Waals surface area contributed by atoms with Crippen molar-refractivity contribution < 1.29 is 0 Å². The summed E-state index contributed by atoms with van der Waals surface area (Å²) < 4.78 is 1.66. The molecular weight excluding hydrogens is 202 g/mol. The zero-order chi connectivity index (χ0) is 11.4. The van der Waals surface area contributed by atoms with Gasteiger partial charge in [0.25, 0.3) is 5.56 Å². The average Bonchev–Trinajstić information content (AvgIpc) is 2.33. The predicted molar refractivity (Wildman–Crippen MR) is 61.0 cm³/mol. The third-order valence-corrected chi connectivity index (χ3v) is 3.05. The summed E-state index contributed by atoms with van der Waals surface area (Å²) in [6, 6.07) is 5.26. The van der Waals surface area contributed by atoms with Gasteiger partial charge >= 0.3 is 0 Å². The summed E-state index contributed by atoms with van der Waals surface area (Å²) >= 11 is 0. The maximum atomic E-state index is 11.8. The number of piperidine rings is 1. The molecule has 2 rings (SSSR count). The minimum atomic E-state index is -0.163. The van der Waals surface area contributed by atoms with E-state index in [-0.39, 0.29) is 11.1 Å². The first kappa shape index (κ1) is 10.9. The molecular formula is C12H15N3O. The topological polar surface area (TPSA) is 57.8 Å². The third kappa shape index (κ3) is 2.31. The molecule has 1 fully saturated rings. The van der Waals surface area contributed by atoms with E-state index in [4.69, 9.17) is 5.26 Å². The Bertz CT molecular complexity index is 452. The van der Waals surface area contributed by atoms with E-state index in [1.165, 1.54) is 0 Å². The van der Waals surface area contributed by atoms with Gasteiger partial charge in [0.1, 0.15) is 11.6 Å². The molecule has 0 bridgehead atoms. The lowest BCUT2D eigenvalue weighted by atomic mass is 9.98. The van der Waals surface area contributed by atoms with Crippen molar-refractivity contribution in [2.24, 2.45) is 5.92 Å². The number of hydrogen-bond donors (Lipinski definition) is 1. The van der Waals surface area contributed by atoms with Crippen molar-refractivity contribution in [3.05, 3.63) is 34.2 Å². The fraction of sp³-hybridized carbons (Fsp3) is 0.500. The second-order valence-corrected chi connectivity index (χ2v) is 4.18. The van der Waals surface area contributed by atoms with Gasteiger partial charge < -0.3 is 9.88 Å². The molecule has 84 valence electrons. The summed E-state index contributed by atoms with van der Waals surface area (Å²) in [6.07, 6.45) is 3.97. The molecule has 1 N–H and O–H groups in total. The van der Waals surface area contributed by atoms with Gasteiger partial charge in [-0.15, -0.1) is 0 Å². The second kappa shape index (κ2) is 4.95. The smallest absolute Gasteiger partial charge is 0.268 e. The molecule has 1 aliphatic rings. The van der Waals surface area contributed by atoms with Gasteiger partial charge in [-0.05, 0) is 44.0 Å². The highest BCUT2D eigenvalue weighted by molar-refractivity contribution is 5.24. The summed E-state index contributed by atoms with van der Waals surface area (Å²) in [5.41, 5.74) is 0.0694. The van der Waals surface area contributed by atoms with Crippen molar-refractivity contribution in [2.45, 2.75) is 19.4 Å². The van der Waals surface area contributed by atoms with Gasteiger partial charge in [0.05, 0.1) is 0 Å². The van der Waals surface area contributed by atoms with Crippen molar-refractivity contribution in [2.75, 3.05) is 13.1 Å². The van der Waals surface area contributed by atoms with Crippen LogP contribution in [0.5, 0.6) is 0 Å². The summed E-state index contributed by atoms with van der Waals surface area (Å²) in [7, 11) is 0. The van der Waals surface area contributed by atoms with Gasteiger partial charge in [-0.25, -0.2) is 0 Å². The van der Waals surface area contributed by atoms with E-state index in [9.17, 15) is 4.79 Å². The molecule has 4 nitrogen and oxygen atoms in total. The summed E-state index contributed by atoms with van der Waals surface area (Å²) in [5, 5.41) is 12.1. The van der Waals surface area contributed by atoms with Gasteiger partial charge in [-0.1, -0.05) is 0 Å². The standard InChI is InChI=1S/C12H15N3O/c13-8-11-2-1-7-15(12(11)16)9-10-3-5-14-6-4-10/h1-2,7,10,14H,3-6,9H2. The maximum absolute atomic E-state index is 11.8. The van der Waals surface area contributed by atoms with Crippen molar-refractivity contribution >= 4 is 0 Å². The van der Waals surface area contributed by atoms with Crippen LogP contribution >= 0.6 is 0 Å².